The number of imidazole rings is 1. The molecular formula is C16H15BrN2O. The number of rotatable bonds is 2. The van der Waals surface area contributed by atoms with Crippen molar-refractivity contribution in [2.24, 2.45) is 0 Å². The lowest BCUT2D eigenvalue weighted by Gasteiger charge is -2.17. The summed E-state index contributed by atoms with van der Waals surface area (Å²) in [6.07, 6.45) is 3.90. The van der Waals surface area contributed by atoms with Gasteiger partial charge in [0, 0.05) is 22.4 Å². The van der Waals surface area contributed by atoms with Gasteiger partial charge in [0.05, 0.1) is 11.3 Å². The molecule has 0 bridgehead atoms. The van der Waals surface area contributed by atoms with Crippen LogP contribution in [0.3, 0.4) is 0 Å². The largest absolute Gasteiger partial charge is 0.386 e. The number of nitrogens with zero attached hydrogens (tertiary/aromatic N) is 2. The highest BCUT2D eigenvalue weighted by Gasteiger charge is 2.16. The predicted molar refractivity (Wildman–Crippen MR) is 83.6 cm³/mol. The monoisotopic (exact) mass is 330 g/mol. The highest BCUT2D eigenvalue weighted by Crippen LogP contribution is 2.24. The summed E-state index contributed by atoms with van der Waals surface area (Å²) in [7, 11) is 0. The second-order valence-corrected chi connectivity index (χ2v) is 6.29. The minimum Gasteiger partial charge on any atom is -0.386 e. The zero-order valence-corrected chi connectivity index (χ0v) is 12.9. The maximum atomic E-state index is 10.1. The van der Waals surface area contributed by atoms with Gasteiger partial charge in [0.1, 0.15) is 5.65 Å². The summed E-state index contributed by atoms with van der Waals surface area (Å²) >= 11 is 3.43. The van der Waals surface area contributed by atoms with E-state index in [0.717, 1.165) is 26.9 Å². The molecule has 2 heterocycles. The fourth-order valence-electron chi connectivity index (χ4n) is 2.11. The second-order valence-electron chi connectivity index (χ2n) is 5.38. The van der Waals surface area contributed by atoms with Crippen molar-refractivity contribution in [1.29, 1.82) is 0 Å². The Morgan fingerprint density at radius 1 is 1.05 bits per heavy atom. The SMILES string of the molecule is CC(C)(O)c1ccc2nc(-c3ccc(Br)cc3)cn2c1. The van der Waals surface area contributed by atoms with Crippen LogP contribution in [0.25, 0.3) is 16.9 Å². The third-order valence-corrected chi connectivity index (χ3v) is 3.83. The topological polar surface area (TPSA) is 37.5 Å². The summed E-state index contributed by atoms with van der Waals surface area (Å²) in [5.74, 6) is 0. The van der Waals surface area contributed by atoms with Gasteiger partial charge in [-0.05, 0) is 37.6 Å². The normalized spacial score (nSPS) is 12.0. The maximum absolute atomic E-state index is 10.1. The van der Waals surface area contributed by atoms with Gasteiger partial charge in [-0.3, -0.25) is 0 Å². The van der Waals surface area contributed by atoms with Crippen LogP contribution in [0.4, 0.5) is 0 Å². The number of halogens is 1. The lowest BCUT2D eigenvalue weighted by molar-refractivity contribution is 0.0781. The Labute approximate surface area is 126 Å². The van der Waals surface area contributed by atoms with Crippen LogP contribution in [0.15, 0.2) is 53.3 Å². The van der Waals surface area contributed by atoms with Crippen molar-refractivity contribution in [3.05, 3.63) is 58.8 Å². The summed E-state index contributed by atoms with van der Waals surface area (Å²) in [6, 6.07) is 11.9. The minimum absolute atomic E-state index is 0.851. The molecule has 3 aromatic rings. The van der Waals surface area contributed by atoms with Crippen LogP contribution < -0.4 is 0 Å². The molecular weight excluding hydrogens is 316 g/mol. The summed E-state index contributed by atoms with van der Waals surface area (Å²) in [6.45, 7) is 3.56. The van der Waals surface area contributed by atoms with E-state index in [1.807, 2.05) is 53.2 Å². The highest BCUT2D eigenvalue weighted by atomic mass is 79.9. The van der Waals surface area contributed by atoms with Crippen molar-refractivity contribution in [3.63, 3.8) is 0 Å². The average molecular weight is 331 g/mol. The molecule has 0 aliphatic heterocycles. The summed E-state index contributed by atoms with van der Waals surface area (Å²) in [4.78, 5) is 4.60. The Kier molecular flexibility index (Phi) is 3.15. The molecule has 0 amide bonds. The molecule has 0 saturated carbocycles. The molecule has 0 atom stereocenters. The second kappa shape index (κ2) is 4.72. The lowest BCUT2D eigenvalue weighted by atomic mass is 10.0. The molecule has 4 heteroatoms. The number of aromatic nitrogens is 2. The Morgan fingerprint density at radius 3 is 2.40 bits per heavy atom. The highest BCUT2D eigenvalue weighted by molar-refractivity contribution is 9.10. The van der Waals surface area contributed by atoms with Crippen LogP contribution >= 0.6 is 15.9 Å². The van der Waals surface area contributed by atoms with Crippen LogP contribution in [0, 0.1) is 0 Å². The minimum atomic E-state index is -0.851. The lowest BCUT2D eigenvalue weighted by Crippen LogP contribution is -2.15. The average Bonchev–Trinajstić information content (AvgIpc) is 2.81. The van der Waals surface area contributed by atoms with Gasteiger partial charge in [-0.15, -0.1) is 0 Å². The molecule has 0 aliphatic rings. The first kappa shape index (κ1) is 13.3. The number of pyridine rings is 1. The predicted octanol–water partition coefficient (Wildman–Crippen LogP) is 3.99. The van der Waals surface area contributed by atoms with Crippen LogP contribution in [0.2, 0.25) is 0 Å². The molecule has 1 aromatic carbocycles. The van der Waals surface area contributed by atoms with Crippen LogP contribution in [0.1, 0.15) is 19.4 Å². The zero-order valence-electron chi connectivity index (χ0n) is 11.3. The first-order chi connectivity index (χ1) is 9.43. The van der Waals surface area contributed by atoms with E-state index in [-0.39, 0.29) is 0 Å². The van der Waals surface area contributed by atoms with Crippen molar-refractivity contribution < 1.29 is 5.11 Å². The number of fused-ring (bicyclic) bond motifs is 1. The van der Waals surface area contributed by atoms with E-state index in [9.17, 15) is 5.11 Å². The summed E-state index contributed by atoms with van der Waals surface area (Å²) < 4.78 is 3.00. The number of hydrogen-bond acceptors (Lipinski definition) is 2. The molecule has 102 valence electrons. The van der Waals surface area contributed by atoms with Gasteiger partial charge < -0.3 is 9.51 Å². The van der Waals surface area contributed by atoms with Crippen LogP contribution in [-0.2, 0) is 5.60 Å². The van der Waals surface area contributed by atoms with E-state index in [0.29, 0.717) is 0 Å². The molecule has 3 rings (SSSR count). The van der Waals surface area contributed by atoms with E-state index in [2.05, 4.69) is 20.9 Å². The van der Waals surface area contributed by atoms with Crippen molar-refractivity contribution >= 4 is 21.6 Å². The molecule has 0 saturated heterocycles. The first-order valence-electron chi connectivity index (χ1n) is 6.41. The molecule has 0 aliphatic carbocycles. The van der Waals surface area contributed by atoms with Crippen LogP contribution in [-0.4, -0.2) is 14.5 Å². The third kappa shape index (κ3) is 2.49. The Bertz CT molecular complexity index is 754. The fourth-order valence-corrected chi connectivity index (χ4v) is 2.38. The van der Waals surface area contributed by atoms with Gasteiger partial charge in [-0.1, -0.05) is 34.1 Å². The molecule has 0 spiro atoms. The molecule has 0 radical (unpaired) electrons. The smallest absolute Gasteiger partial charge is 0.137 e. The Morgan fingerprint density at radius 2 is 1.75 bits per heavy atom. The number of aliphatic hydroxyl groups is 1. The van der Waals surface area contributed by atoms with Crippen LogP contribution in [0.5, 0.6) is 0 Å². The van der Waals surface area contributed by atoms with E-state index in [1.54, 1.807) is 13.8 Å². The molecule has 0 fully saturated rings. The number of hydrogen-bond donors (Lipinski definition) is 1. The summed E-state index contributed by atoms with van der Waals surface area (Å²) in [5, 5.41) is 10.1. The molecule has 0 unspecified atom stereocenters. The van der Waals surface area contributed by atoms with Crippen molar-refractivity contribution in [2.45, 2.75) is 19.4 Å². The molecule has 20 heavy (non-hydrogen) atoms. The third-order valence-electron chi connectivity index (χ3n) is 3.30. The quantitative estimate of drug-likeness (QED) is 0.771. The fraction of sp³-hybridized carbons (Fsp3) is 0.188. The van der Waals surface area contributed by atoms with Crippen molar-refractivity contribution in [3.8, 4) is 11.3 Å². The zero-order chi connectivity index (χ0) is 14.3. The van der Waals surface area contributed by atoms with Gasteiger partial charge in [-0.25, -0.2) is 4.98 Å². The van der Waals surface area contributed by atoms with E-state index in [4.69, 9.17) is 0 Å². The molecule has 3 nitrogen and oxygen atoms in total. The van der Waals surface area contributed by atoms with Crippen molar-refractivity contribution in [1.82, 2.24) is 9.38 Å². The van der Waals surface area contributed by atoms with E-state index in [1.165, 1.54) is 0 Å². The number of benzene rings is 1. The maximum Gasteiger partial charge on any atom is 0.137 e. The van der Waals surface area contributed by atoms with Gasteiger partial charge in [-0.2, -0.15) is 0 Å². The molecule has 1 N–H and O–H groups in total. The van der Waals surface area contributed by atoms with Crippen molar-refractivity contribution in [2.75, 3.05) is 0 Å². The van der Waals surface area contributed by atoms with Gasteiger partial charge in [0.25, 0.3) is 0 Å². The standard InChI is InChI=1S/C16H15BrN2O/c1-16(2,20)12-5-8-15-18-14(10-19(15)9-12)11-3-6-13(17)7-4-11/h3-10,20H,1-2H3. The molecule has 2 aromatic heterocycles. The summed E-state index contributed by atoms with van der Waals surface area (Å²) in [5.41, 5.74) is 2.88. The van der Waals surface area contributed by atoms with E-state index >= 15 is 0 Å². The Balaban J connectivity index is 2.09. The van der Waals surface area contributed by atoms with E-state index < -0.39 is 5.60 Å². The first-order valence-corrected chi connectivity index (χ1v) is 7.20. The van der Waals surface area contributed by atoms with Gasteiger partial charge >= 0.3 is 0 Å². The van der Waals surface area contributed by atoms with Gasteiger partial charge in [0.15, 0.2) is 0 Å². The Hall–Kier alpha value is -1.65. The van der Waals surface area contributed by atoms with Gasteiger partial charge in [0.2, 0.25) is 0 Å².